The van der Waals surface area contributed by atoms with Crippen LogP contribution in [0.15, 0.2) is 85.2 Å². The number of hydrogen-bond donors (Lipinski definition) is 1. The van der Waals surface area contributed by atoms with Crippen LogP contribution >= 0.6 is 12.4 Å². The summed E-state index contributed by atoms with van der Waals surface area (Å²) in [4.78, 5) is 3.31. The molecule has 0 aliphatic carbocycles. The van der Waals surface area contributed by atoms with Crippen molar-refractivity contribution in [3.8, 4) is 0 Å². The van der Waals surface area contributed by atoms with Crippen molar-refractivity contribution in [1.82, 2.24) is 9.55 Å². The number of nitrogens with zero attached hydrogens (tertiary/aromatic N) is 1. The molecule has 0 saturated carbocycles. The number of H-pyrrole nitrogens is 1. The van der Waals surface area contributed by atoms with Gasteiger partial charge in [-0.1, -0.05) is 48.5 Å². The fourth-order valence-electron chi connectivity index (χ4n) is 4.27. The molecule has 0 atom stereocenters. The number of aromatic amines is 1. The number of halogens is 4. The average molecular weight is 454 g/mol. The molecule has 5 rings (SSSR count). The first-order chi connectivity index (χ1) is 15.0. The monoisotopic (exact) mass is 453 g/mol. The molecule has 5 aromatic rings. The second-order valence-electron chi connectivity index (χ2n) is 7.54. The minimum Gasteiger partial charge on any atom is -0.361 e. The zero-order valence-corrected chi connectivity index (χ0v) is 18.1. The van der Waals surface area contributed by atoms with Crippen molar-refractivity contribution in [2.24, 2.45) is 0 Å². The van der Waals surface area contributed by atoms with Gasteiger partial charge in [0.05, 0.1) is 11.5 Å². The summed E-state index contributed by atoms with van der Waals surface area (Å²) in [7, 11) is 0. The van der Waals surface area contributed by atoms with Crippen LogP contribution < -0.4 is 0 Å². The number of fused-ring (bicyclic) bond motifs is 2. The van der Waals surface area contributed by atoms with Crippen molar-refractivity contribution < 1.29 is 13.2 Å². The Morgan fingerprint density at radius 1 is 0.844 bits per heavy atom. The van der Waals surface area contributed by atoms with Gasteiger partial charge in [-0.2, -0.15) is 13.2 Å². The standard InChI is InChI=1S/C26H20F3N2.ClH/c1-2-31-16-22(20-8-4-6-10-24(20)31)25(17-11-13-18(14-12-17)26(27,28)29)21-15-30-23-9-5-3-7-19(21)23;/h3-16,30H,2H2,1H3;1H. The minimum atomic E-state index is -4.36. The van der Waals surface area contributed by atoms with Crippen LogP contribution in [0.1, 0.15) is 29.2 Å². The molecule has 1 N–H and O–H groups in total. The minimum absolute atomic E-state index is 0. The van der Waals surface area contributed by atoms with Gasteiger partial charge >= 0.3 is 6.18 Å². The fourth-order valence-corrected chi connectivity index (χ4v) is 4.27. The van der Waals surface area contributed by atoms with Crippen molar-refractivity contribution >= 4 is 34.2 Å². The first-order valence-corrected chi connectivity index (χ1v) is 10.2. The van der Waals surface area contributed by atoms with Gasteiger partial charge in [0.25, 0.3) is 0 Å². The molecule has 32 heavy (non-hydrogen) atoms. The average Bonchev–Trinajstić information content (AvgIpc) is 3.36. The van der Waals surface area contributed by atoms with Crippen molar-refractivity contribution in [2.45, 2.75) is 19.6 Å². The predicted octanol–water partition coefficient (Wildman–Crippen LogP) is 7.60. The quantitative estimate of drug-likeness (QED) is 0.289. The number of nitrogens with one attached hydrogen (secondary N) is 1. The van der Waals surface area contributed by atoms with Crippen LogP contribution in [0.5, 0.6) is 0 Å². The molecule has 2 heterocycles. The highest BCUT2D eigenvalue weighted by molar-refractivity contribution is 5.93. The zero-order chi connectivity index (χ0) is 21.6. The Morgan fingerprint density at radius 2 is 1.50 bits per heavy atom. The lowest BCUT2D eigenvalue weighted by Crippen LogP contribution is -2.07. The van der Waals surface area contributed by atoms with E-state index < -0.39 is 11.7 Å². The molecule has 0 spiro atoms. The number of aryl methyl sites for hydroxylation is 1. The fraction of sp³-hybridized carbons (Fsp3) is 0.115. The first-order valence-electron chi connectivity index (χ1n) is 10.2. The number of hydrogen-bond acceptors (Lipinski definition) is 0. The maximum atomic E-state index is 13.2. The second kappa shape index (κ2) is 8.40. The summed E-state index contributed by atoms with van der Waals surface area (Å²) in [6, 6.07) is 21.5. The van der Waals surface area contributed by atoms with E-state index in [0.717, 1.165) is 63.1 Å². The van der Waals surface area contributed by atoms with E-state index in [0.29, 0.717) is 0 Å². The molecule has 0 amide bonds. The van der Waals surface area contributed by atoms with Crippen molar-refractivity contribution in [3.63, 3.8) is 0 Å². The van der Waals surface area contributed by atoms with E-state index in [1.54, 1.807) is 12.1 Å². The van der Waals surface area contributed by atoms with Crippen LogP contribution in [0, 0.1) is 5.92 Å². The highest BCUT2D eigenvalue weighted by Gasteiger charge is 2.31. The Hall–Kier alpha value is -3.18. The molecular weight excluding hydrogens is 433 g/mol. The van der Waals surface area contributed by atoms with Crippen molar-refractivity contribution in [2.75, 3.05) is 0 Å². The second-order valence-corrected chi connectivity index (χ2v) is 7.54. The van der Waals surface area contributed by atoms with Crippen LogP contribution in [0.3, 0.4) is 0 Å². The SMILES string of the molecule is CCn1cc([C](c2ccc(C(F)(F)F)cc2)c2c[nH]c3ccccc23)c2ccccc21.Cl. The normalized spacial score (nSPS) is 11.9. The maximum Gasteiger partial charge on any atom is 0.416 e. The van der Waals surface area contributed by atoms with E-state index in [2.05, 4.69) is 34.8 Å². The van der Waals surface area contributed by atoms with Crippen molar-refractivity contribution in [3.05, 3.63) is 113 Å². The molecule has 1 radical (unpaired) electrons. The van der Waals surface area contributed by atoms with Crippen molar-refractivity contribution in [1.29, 1.82) is 0 Å². The Balaban J connectivity index is 0.00000245. The topological polar surface area (TPSA) is 20.7 Å². The van der Waals surface area contributed by atoms with Crippen LogP contribution in [0.4, 0.5) is 13.2 Å². The third kappa shape index (κ3) is 3.67. The van der Waals surface area contributed by atoms with Crippen LogP contribution in [-0.4, -0.2) is 9.55 Å². The lowest BCUT2D eigenvalue weighted by Gasteiger charge is -2.17. The third-order valence-corrected chi connectivity index (χ3v) is 5.76. The molecule has 2 aromatic heterocycles. The van der Waals surface area contributed by atoms with Gasteiger partial charge in [-0.15, -0.1) is 12.4 Å². The molecule has 2 nitrogen and oxygen atoms in total. The lowest BCUT2D eigenvalue weighted by atomic mass is 9.84. The predicted molar refractivity (Wildman–Crippen MR) is 125 cm³/mol. The number of benzene rings is 3. The zero-order valence-electron chi connectivity index (χ0n) is 17.3. The van der Waals surface area contributed by atoms with E-state index in [1.165, 1.54) is 0 Å². The molecule has 0 saturated heterocycles. The maximum absolute atomic E-state index is 13.2. The number of para-hydroxylation sites is 2. The highest BCUT2D eigenvalue weighted by atomic mass is 35.5. The first kappa shape index (κ1) is 22.0. The van der Waals surface area contributed by atoms with E-state index in [4.69, 9.17) is 0 Å². The molecule has 0 unspecified atom stereocenters. The third-order valence-electron chi connectivity index (χ3n) is 5.76. The molecule has 163 valence electrons. The van der Waals surface area contributed by atoms with Gasteiger partial charge in [-0.3, -0.25) is 0 Å². The summed E-state index contributed by atoms with van der Waals surface area (Å²) in [5.74, 6) is 0.912. The van der Waals surface area contributed by atoms with Gasteiger partial charge in [0, 0.05) is 40.7 Å². The molecule has 0 aliphatic heterocycles. The van der Waals surface area contributed by atoms with Gasteiger partial charge in [0.1, 0.15) is 0 Å². The Labute approximate surface area is 190 Å². The Kier molecular flexibility index (Phi) is 5.78. The van der Waals surface area contributed by atoms with Gasteiger partial charge in [-0.05, 0) is 47.9 Å². The van der Waals surface area contributed by atoms with Crippen LogP contribution in [0.25, 0.3) is 21.8 Å². The number of rotatable bonds is 4. The van der Waals surface area contributed by atoms with Gasteiger partial charge in [-0.25, -0.2) is 0 Å². The van der Waals surface area contributed by atoms with Gasteiger partial charge in [0.2, 0.25) is 0 Å². The molecule has 3 aromatic carbocycles. The van der Waals surface area contributed by atoms with E-state index in [-0.39, 0.29) is 12.4 Å². The van der Waals surface area contributed by atoms with E-state index in [1.807, 2.05) is 42.6 Å². The molecule has 0 aliphatic rings. The summed E-state index contributed by atoms with van der Waals surface area (Å²) in [6.45, 7) is 2.88. The summed E-state index contributed by atoms with van der Waals surface area (Å²) < 4.78 is 41.7. The van der Waals surface area contributed by atoms with Gasteiger partial charge in [0.15, 0.2) is 0 Å². The largest absolute Gasteiger partial charge is 0.416 e. The number of alkyl halides is 3. The molecule has 0 bridgehead atoms. The molecule has 6 heteroatoms. The Morgan fingerprint density at radius 3 is 2.19 bits per heavy atom. The Bertz CT molecular complexity index is 1360. The summed E-state index contributed by atoms with van der Waals surface area (Å²) in [5.41, 5.74) is 4.16. The van der Waals surface area contributed by atoms with Crippen LogP contribution in [-0.2, 0) is 12.7 Å². The smallest absolute Gasteiger partial charge is 0.361 e. The summed E-state index contributed by atoms with van der Waals surface area (Å²) >= 11 is 0. The lowest BCUT2D eigenvalue weighted by molar-refractivity contribution is -0.137. The van der Waals surface area contributed by atoms with E-state index >= 15 is 0 Å². The summed E-state index contributed by atoms with van der Waals surface area (Å²) in [6.07, 6.45) is -0.327. The number of aromatic nitrogens is 2. The molecular formula is C26H21ClF3N2. The molecule has 0 fully saturated rings. The summed E-state index contributed by atoms with van der Waals surface area (Å²) in [5, 5.41) is 2.11. The van der Waals surface area contributed by atoms with Crippen LogP contribution in [0.2, 0.25) is 0 Å². The van der Waals surface area contributed by atoms with E-state index in [9.17, 15) is 13.2 Å². The highest BCUT2D eigenvalue weighted by Crippen LogP contribution is 2.40. The van der Waals surface area contributed by atoms with Gasteiger partial charge < -0.3 is 9.55 Å².